The molecule has 0 spiro atoms. The van der Waals surface area contributed by atoms with Crippen molar-refractivity contribution in [3.8, 4) is 0 Å². The quantitative estimate of drug-likeness (QED) is 0.545. The van der Waals surface area contributed by atoms with Gasteiger partial charge in [0.15, 0.2) is 8.32 Å². The lowest BCUT2D eigenvalue weighted by Gasteiger charge is -2.15. The van der Waals surface area contributed by atoms with Gasteiger partial charge in [-0.15, -0.1) is 0 Å². The Morgan fingerprint density at radius 1 is 1.43 bits per heavy atom. The van der Waals surface area contributed by atoms with Gasteiger partial charge in [0.25, 0.3) is 0 Å². The first-order valence-electron chi connectivity index (χ1n) is 2.16. The van der Waals surface area contributed by atoms with Crippen LogP contribution in [0.2, 0.25) is 19.6 Å². The lowest BCUT2D eigenvalue weighted by molar-refractivity contribution is 0.613. The molecule has 0 atom stereocenters. The van der Waals surface area contributed by atoms with Gasteiger partial charge < -0.3 is 3.48 Å². The van der Waals surface area contributed by atoms with Crippen LogP contribution in [0, 0.1) is 0 Å². The molecule has 0 aliphatic rings. The Hall–Kier alpha value is 0.999. The van der Waals surface area contributed by atoms with Gasteiger partial charge in [-0.25, -0.2) is 10.0 Å². The van der Waals surface area contributed by atoms with Crippen LogP contribution >= 0.6 is 10.0 Å². The average molecular weight is 152 g/mol. The van der Waals surface area contributed by atoms with Crippen molar-refractivity contribution in [3.63, 3.8) is 0 Å². The third-order valence-electron chi connectivity index (χ3n) is 0.398. The van der Waals surface area contributed by atoms with Crippen molar-refractivity contribution < 1.29 is 3.48 Å². The van der Waals surface area contributed by atoms with Crippen molar-refractivity contribution in [2.45, 2.75) is 19.6 Å². The first-order chi connectivity index (χ1) is 3.06. The summed E-state index contributed by atoms with van der Waals surface area (Å²) < 4.78 is 5.22. The summed E-state index contributed by atoms with van der Waals surface area (Å²) in [6, 6.07) is 0. The van der Waals surface area contributed by atoms with Gasteiger partial charge in [-0.05, 0) is 19.6 Å². The Kier molecular flexibility index (Phi) is 3.55. The van der Waals surface area contributed by atoms with Gasteiger partial charge in [-0.3, -0.25) is 0 Å². The van der Waals surface area contributed by atoms with Gasteiger partial charge in [0.2, 0.25) is 0 Å². The zero-order chi connectivity index (χ0) is 5.91. The Morgan fingerprint density at radius 3 is 1.86 bits per heavy atom. The van der Waals surface area contributed by atoms with E-state index in [4.69, 9.17) is 13.5 Å². The maximum atomic E-state index is 5.38. The second-order valence-corrected chi connectivity index (χ2v) is 8.20. The molecule has 0 aromatic rings. The molecule has 0 aromatic carbocycles. The summed E-state index contributed by atoms with van der Waals surface area (Å²) in [5.41, 5.74) is 0. The summed E-state index contributed by atoms with van der Waals surface area (Å²) in [5.74, 6) is 0. The molecule has 1 radical (unpaired) electrons. The van der Waals surface area contributed by atoms with Crippen LogP contribution in [0.25, 0.3) is 0 Å². The topological polar surface area (TPSA) is 9.23 Å². The molecule has 41 valence electrons. The van der Waals surface area contributed by atoms with E-state index in [0.29, 0.717) is 0 Å². The molecule has 4 heteroatoms. The van der Waals surface area contributed by atoms with Crippen LogP contribution in [0.15, 0.2) is 0 Å². The highest BCUT2D eigenvalue weighted by atomic mass is 35.6. The van der Waals surface area contributed by atoms with E-state index >= 15 is 0 Å². The van der Waals surface area contributed by atoms with Crippen LogP contribution < -0.4 is 0 Å². The van der Waals surface area contributed by atoms with Crippen molar-refractivity contribution in [2.24, 2.45) is 0 Å². The Bertz CT molecular complexity index is 53.4. The highest BCUT2D eigenvalue weighted by molar-refractivity contribution is 6.94. The van der Waals surface area contributed by atoms with Crippen molar-refractivity contribution in [1.82, 2.24) is 0 Å². The van der Waals surface area contributed by atoms with Gasteiger partial charge in [-0.1, -0.05) is 0 Å². The van der Waals surface area contributed by atoms with Gasteiger partial charge >= 0.3 is 14.6 Å². The van der Waals surface area contributed by atoms with E-state index in [9.17, 15) is 0 Å². The predicted molar refractivity (Wildman–Crippen MR) is 36.0 cm³/mol. The molecule has 0 fully saturated rings. The summed E-state index contributed by atoms with van der Waals surface area (Å²) in [4.78, 5) is 0. The van der Waals surface area contributed by atoms with Crippen LogP contribution in [0.4, 0.5) is 0 Å². The molecule has 0 amide bonds. The number of hydrogen-bond acceptors (Lipinski definition) is 1. The minimum Gasteiger partial charge on any atom is -0.540 e. The molecular formula is C3H9AlClOSi. The standard InChI is InChI=1S/C3H9OSi.Al.ClH/c1-5(2,3)4;;/h1-3H3;;1H/q-1;+2;/p-1. The number of halogens is 1. The van der Waals surface area contributed by atoms with E-state index in [1.165, 1.54) is 0 Å². The fraction of sp³-hybridized carbons (Fsp3) is 1.00. The maximum absolute atomic E-state index is 5.38. The highest BCUT2D eigenvalue weighted by Crippen LogP contribution is 2.00. The molecule has 1 nitrogen and oxygen atoms in total. The highest BCUT2D eigenvalue weighted by Gasteiger charge is 2.11. The molecule has 0 aromatic heterocycles. The Morgan fingerprint density at radius 2 is 1.86 bits per heavy atom. The van der Waals surface area contributed by atoms with Crippen LogP contribution in [0.3, 0.4) is 0 Å². The number of rotatable bonds is 2. The summed E-state index contributed by atoms with van der Waals surface area (Å²) in [5, 5.41) is 0. The maximum Gasteiger partial charge on any atom is 0.559 e. The SMILES string of the molecule is C[Si](C)(C)[O][Al][Cl]. The molecule has 0 aliphatic carbocycles. The van der Waals surface area contributed by atoms with E-state index in [2.05, 4.69) is 19.6 Å². The molecule has 0 saturated carbocycles. The largest absolute Gasteiger partial charge is 0.559 e. The van der Waals surface area contributed by atoms with Crippen LogP contribution in [-0.4, -0.2) is 22.9 Å². The van der Waals surface area contributed by atoms with Crippen LogP contribution in [0.1, 0.15) is 0 Å². The second kappa shape index (κ2) is 3.11. The third-order valence-corrected chi connectivity index (χ3v) is 4.38. The summed E-state index contributed by atoms with van der Waals surface area (Å²) >= 11 is -0.257. The smallest absolute Gasteiger partial charge is 0.540 e. The zero-order valence-electron chi connectivity index (χ0n) is 4.86. The zero-order valence-corrected chi connectivity index (χ0v) is 7.77. The van der Waals surface area contributed by atoms with Crippen molar-refractivity contribution in [3.05, 3.63) is 0 Å². The lowest BCUT2D eigenvalue weighted by atomic mass is 11.8. The molecule has 0 aliphatic heterocycles. The van der Waals surface area contributed by atoms with E-state index in [0.717, 1.165) is 0 Å². The third kappa shape index (κ3) is 7.00. The minimum absolute atomic E-state index is 0.257. The van der Waals surface area contributed by atoms with E-state index in [-0.39, 0.29) is 14.6 Å². The summed E-state index contributed by atoms with van der Waals surface area (Å²) in [7, 11) is 4.13. The normalized spacial score (nSPS) is 11.4. The van der Waals surface area contributed by atoms with Gasteiger partial charge in [0.1, 0.15) is 0 Å². The molecule has 0 unspecified atom stereocenters. The molecule has 0 bridgehead atoms. The summed E-state index contributed by atoms with van der Waals surface area (Å²) in [6.07, 6.45) is 0. The van der Waals surface area contributed by atoms with Gasteiger partial charge in [-0.2, -0.15) is 0 Å². The summed E-state index contributed by atoms with van der Waals surface area (Å²) in [6.45, 7) is 6.38. The van der Waals surface area contributed by atoms with Gasteiger partial charge in [0.05, 0.1) is 0 Å². The van der Waals surface area contributed by atoms with Gasteiger partial charge in [0, 0.05) is 0 Å². The first kappa shape index (κ1) is 8.00. The Labute approximate surface area is 56.4 Å². The van der Waals surface area contributed by atoms with Crippen LogP contribution in [0.5, 0.6) is 0 Å². The molecular weight excluding hydrogens is 143 g/mol. The fourth-order valence-electron chi connectivity index (χ4n) is 0.134. The fourth-order valence-corrected chi connectivity index (χ4v) is 3.61. The van der Waals surface area contributed by atoms with Crippen molar-refractivity contribution >= 4 is 33.0 Å². The van der Waals surface area contributed by atoms with Crippen LogP contribution in [-0.2, 0) is 3.48 Å². The first-order valence-corrected chi connectivity index (χ1v) is 7.78. The van der Waals surface area contributed by atoms with E-state index < -0.39 is 8.32 Å². The minimum atomic E-state index is -1.25. The average Bonchev–Trinajstić information content (AvgIpc) is 1.30. The van der Waals surface area contributed by atoms with Crippen molar-refractivity contribution in [1.29, 1.82) is 0 Å². The molecule has 0 N–H and O–H groups in total. The monoisotopic (exact) mass is 151 g/mol. The predicted octanol–water partition coefficient (Wildman–Crippen LogP) is 1.61. The molecule has 7 heavy (non-hydrogen) atoms. The molecule has 0 rings (SSSR count). The second-order valence-electron chi connectivity index (χ2n) is 2.32. The van der Waals surface area contributed by atoms with E-state index in [1.54, 1.807) is 0 Å². The van der Waals surface area contributed by atoms with Crippen molar-refractivity contribution in [2.75, 3.05) is 0 Å². The Balaban J connectivity index is 3.15. The number of hydrogen-bond donors (Lipinski definition) is 0. The van der Waals surface area contributed by atoms with E-state index in [1.807, 2.05) is 0 Å². The lowest BCUT2D eigenvalue weighted by Crippen LogP contribution is -2.25. The molecule has 0 heterocycles. The molecule has 0 saturated heterocycles.